The van der Waals surface area contributed by atoms with E-state index >= 15 is 0 Å². The summed E-state index contributed by atoms with van der Waals surface area (Å²) in [5.74, 6) is -0.381. The maximum absolute atomic E-state index is 13.0. The van der Waals surface area contributed by atoms with Gasteiger partial charge in [0.05, 0.1) is 16.8 Å². The van der Waals surface area contributed by atoms with Crippen molar-refractivity contribution in [2.45, 2.75) is 18.9 Å². The van der Waals surface area contributed by atoms with Crippen LogP contribution in [0.4, 0.5) is 11.4 Å². The molecule has 2 heterocycles. The number of anilines is 2. The Hall–Kier alpha value is -3.77. The van der Waals surface area contributed by atoms with Gasteiger partial charge in [-0.25, -0.2) is 5.10 Å². The molecular formula is C24H19N3O3. The van der Waals surface area contributed by atoms with Crippen LogP contribution in [0, 0.1) is 0 Å². The fraction of sp³-hybridized carbons (Fsp3) is 0.125. The fourth-order valence-corrected chi connectivity index (χ4v) is 4.08. The highest BCUT2D eigenvalue weighted by Crippen LogP contribution is 2.44. The van der Waals surface area contributed by atoms with Crippen LogP contribution in [0.5, 0.6) is 0 Å². The SMILES string of the molecule is CC1(O)C(=O)N(c2cccc(Cc3n[nH]c(=O)c4ccccc34)c2)c2ccccc21. The predicted octanol–water partition coefficient (Wildman–Crippen LogP) is 3.40. The highest BCUT2D eigenvalue weighted by molar-refractivity contribution is 6.11. The van der Waals surface area contributed by atoms with Crippen molar-refractivity contribution >= 4 is 28.1 Å². The number of benzene rings is 3. The second-order valence-corrected chi connectivity index (χ2v) is 7.62. The van der Waals surface area contributed by atoms with Crippen molar-refractivity contribution < 1.29 is 9.90 Å². The minimum atomic E-state index is -1.57. The second-order valence-electron chi connectivity index (χ2n) is 7.62. The van der Waals surface area contributed by atoms with Crippen LogP contribution in [0.15, 0.2) is 77.6 Å². The van der Waals surface area contributed by atoms with Crippen LogP contribution in [-0.4, -0.2) is 21.2 Å². The number of aliphatic hydroxyl groups is 1. The molecule has 6 heteroatoms. The van der Waals surface area contributed by atoms with E-state index in [9.17, 15) is 14.7 Å². The summed E-state index contributed by atoms with van der Waals surface area (Å²) in [5, 5.41) is 19.0. The van der Waals surface area contributed by atoms with Gasteiger partial charge < -0.3 is 5.11 Å². The third-order valence-electron chi connectivity index (χ3n) is 5.60. The zero-order valence-electron chi connectivity index (χ0n) is 16.3. The van der Waals surface area contributed by atoms with E-state index in [-0.39, 0.29) is 11.5 Å². The molecule has 2 N–H and O–H groups in total. The van der Waals surface area contributed by atoms with E-state index in [1.165, 1.54) is 6.92 Å². The number of hydrogen-bond acceptors (Lipinski definition) is 4. The molecule has 1 aliphatic rings. The van der Waals surface area contributed by atoms with Gasteiger partial charge in [-0.15, -0.1) is 0 Å². The van der Waals surface area contributed by atoms with Crippen molar-refractivity contribution in [2.75, 3.05) is 4.90 Å². The van der Waals surface area contributed by atoms with Crippen molar-refractivity contribution in [1.82, 2.24) is 10.2 Å². The minimum Gasteiger partial charge on any atom is -0.375 e. The summed E-state index contributed by atoms with van der Waals surface area (Å²) >= 11 is 0. The van der Waals surface area contributed by atoms with Crippen molar-refractivity contribution in [2.24, 2.45) is 0 Å². The normalized spacial score (nSPS) is 18.1. The van der Waals surface area contributed by atoms with Gasteiger partial charge in [0.2, 0.25) is 0 Å². The molecule has 1 aliphatic heterocycles. The molecule has 0 saturated heterocycles. The number of rotatable bonds is 3. The van der Waals surface area contributed by atoms with E-state index in [0.717, 1.165) is 16.6 Å². The third-order valence-corrected chi connectivity index (χ3v) is 5.60. The third kappa shape index (κ3) is 2.73. The molecule has 1 amide bonds. The Labute approximate surface area is 172 Å². The topological polar surface area (TPSA) is 86.3 Å². The zero-order valence-corrected chi connectivity index (χ0v) is 16.3. The Morgan fingerprint density at radius 3 is 2.53 bits per heavy atom. The first-order chi connectivity index (χ1) is 14.5. The Kier molecular flexibility index (Phi) is 4.04. The summed E-state index contributed by atoms with van der Waals surface area (Å²) in [6.45, 7) is 1.52. The van der Waals surface area contributed by atoms with E-state index in [1.54, 1.807) is 17.0 Å². The van der Waals surface area contributed by atoms with Gasteiger partial charge in [-0.1, -0.05) is 48.5 Å². The molecule has 1 atom stereocenters. The number of nitrogens with zero attached hydrogens (tertiary/aromatic N) is 2. The fourth-order valence-electron chi connectivity index (χ4n) is 4.08. The number of para-hydroxylation sites is 1. The first-order valence-electron chi connectivity index (χ1n) is 9.68. The quantitative estimate of drug-likeness (QED) is 0.555. The molecular weight excluding hydrogens is 378 g/mol. The lowest BCUT2D eigenvalue weighted by atomic mass is 9.98. The minimum absolute atomic E-state index is 0.218. The lowest BCUT2D eigenvalue weighted by Crippen LogP contribution is -2.35. The van der Waals surface area contributed by atoms with E-state index in [1.807, 2.05) is 60.7 Å². The van der Waals surface area contributed by atoms with Gasteiger partial charge in [0.1, 0.15) is 0 Å². The van der Waals surface area contributed by atoms with Crippen molar-refractivity contribution in [3.8, 4) is 0 Å². The molecule has 4 aromatic rings. The number of hydrogen-bond donors (Lipinski definition) is 2. The largest absolute Gasteiger partial charge is 0.375 e. The van der Waals surface area contributed by atoms with Crippen molar-refractivity contribution in [3.05, 3.63) is 100.0 Å². The average Bonchev–Trinajstić information content (AvgIpc) is 2.96. The van der Waals surface area contributed by atoms with Crippen LogP contribution >= 0.6 is 0 Å². The second kappa shape index (κ2) is 6.64. The summed E-state index contributed by atoms with van der Waals surface area (Å²) in [7, 11) is 0. The Balaban J connectivity index is 1.56. The number of carbonyl (C=O) groups excluding carboxylic acids is 1. The number of amides is 1. The van der Waals surface area contributed by atoms with Gasteiger partial charge in [-0.05, 0) is 36.8 Å². The Morgan fingerprint density at radius 1 is 0.967 bits per heavy atom. The highest BCUT2D eigenvalue weighted by atomic mass is 16.3. The first-order valence-corrected chi connectivity index (χ1v) is 9.68. The Bertz CT molecular complexity index is 1360. The maximum Gasteiger partial charge on any atom is 0.272 e. The molecule has 1 unspecified atom stereocenters. The van der Waals surface area contributed by atoms with Crippen LogP contribution in [0.3, 0.4) is 0 Å². The molecule has 148 valence electrons. The average molecular weight is 397 g/mol. The standard InChI is InChI=1S/C24H19N3O3/c1-24(30)19-11-4-5-12-21(19)27(23(24)29)16-8-6-7-15(13-16)14-20-17-9-2-3-10-18(17)22(28)26-25-20/h2-13,30H,14H2,1H3,(H,26,28). The molecule has 0 aliphatic carbocycles. The molecule has 0 spiro atoms. The molecule has 0 fully saturated rings. The number of nitrogens with one attached hydrogen (secondary N) is 1. The van der Waals surface area contributed by atoms with Gasteiger partial charge in [0.15, 0.2) is 5.60 Å². The van der Waals surface area contributed by atoms with Gasteiger partial charge in [-0.2, -0.15) is 5.10 Å². The van der Waals surface area contributed by atoms with Gasteiger partial charge >= 0.3 is 0 Å². The molecule has 0 radical (unpaired) electrons. The lowest BCUT2D eigenvalue weighted by Gasteiger charge is -2.20. The number of fused-ring (bicyclic) bond motifs is 2. The van der Waals surface area contributed by atoms with Crippen LogP contribution in [0.25, 0.3) is 10.8 Å². The number of aromatic amines is 1. The van der Waals surface area contributed by atoms with Gasteiger partial charge in [-0.3, -0.25) is 14.5 Å². The number of H-pyrrole nitrogens is 1. The van der Waals surface area contributed by atoms with E-state index in [0.29, 0.717) is 28.7 Å². The van der Waals surface area contributed by atoms with Crippen molar-refractivity contribution in [3.63, 3.8) is 0 Å². The first kappa shape index (κ1) is 18.3. The van der Waals surface area contributed by atoms with E-state index in [2.05, 4.69) is 10.2 Å². The summed E-state index contributed by atoms with van der Waals surface area (Å²) < 4.78 is 0. The number of aromatic nitrogens is 2. The Morgan fingerprint density at radius 2 is 1.70 bits per heavy atom. The van der Waals surface area contributed by atoms with Gasteiger partial charge in [0.25, 0.3) is 11.5 Å². The van der Waals surface area contributed by atoms with Crippen LogP contribution in [0.1, 0.15) is 23.7 Å². The maximum atomic E-state index is 13.0. The van der Waals surface area contributed by atoms with Crippen molar-refractivity contribution in [1.29, 1.82) is 0 Å². The van der Waals surface area contributed by atoms with Crippen LogP contribution in [-0.2, 0) is 16.8 Å². The summed E-state index contributed by atoms with van der Waals surface area (Å²) in [5.41, 5.74) is 1.85. The molecule has 3 aromatic carbocycles. The zero-order chi connectivity index (χ0) is 20.9. The summed E-state index contributed by atoms with van der Waals surface area (Å²) in [6, 6.07) is 22.2. The highest BCUT2D eigenvalue weighted by Gasteiger charge is 2.46. The molecule has 30 heavy (non-hydrogen) atoms. The lowest BCUT2D eigenvalue weighted by molar-refractivity contribution is -0.133. The summed E-state index contributed by atoms with van der Waals surface area (Å²) in [6.07, 6.45) is 0.491. The smallest absolute Gasteiger partial charge is 0.272 e. The van der Waals surface area contributed by atoms with Crippen LogP contribution < -0.4 is 10.5 Å². The number of carbonyl (C=O) groups is 1. The molecule has 1 aromatic heterocycles. The summed E-state index contributed by atoms with van der Waals surface area (Å²) in [4.78, 5) is 26.6. The molecule has 6 nitrogen and oxygen atoms in total. The molecule has 5 rings (SSSR count). The molecule has 0 bridgehead atoms. The van der Waals surface area contributed by atoms with E-state index in [4.69, 9.17) is 0 Å². The van der Waals surface area contributed by atoms with Crippen LogP contribution in [0.2, 0.25) is 0 Å². The van der Waals surface area contributed by atoms with E-state index < -0.39 is 5.60 Å². The molecule has 0 saturated carbocycles. The van der Waals surface area contributed by atoms with Gasteiger partial charge in [0, 0.05) is 23.1 Å². The predicted molar refractivity (Wildman–Crippen MR) is 115 cm³/mol. The monoisotopic (exact) mass is 397 g/mol.